The van der Waals surface area contributed by atoms with Crippen molar-refractivity contribution in [3.05, 3.63) is 0 Å². The largest absolute Gasteiger partial charge is 0.336 e. The van der Waals surface area contributed by atoms with Crippen LogP contribution in [0.2, 0.25) is 0 Å². The van der Waals surface area contributed by atoms with Crippen LogP contribution in [-0.2, 0) is 9.05 Å². The molecule has 0 spiro atoms. The van der Waals surface area contributed by atoms with Crippen molar-refractivity contribution in [2.45, 2.75) is 0 Å². The number of urea groups is 1. The van der Waals surface area contributed by atoms with Crippen molar-refractivity contribution in [3.63, 3.8) is 0 Å². The number of carbonyl (C=O) groups excluding carboxylic acids is 1. The lowest BCUT2D eigenvalue weighted by Crippen LogP contribution is -2.31. The Labute approximate surface area is 75.1 Å². The van der Waals surface area contributed by atoms with Gasteiger partial charge in [-0.25, -0.2) is 13.2 Å². The van der Waals surface area contributed by atoms with Gasteiger partial charge in [0.2, 0.25) is 9.05 Å². The number of carbonyl (C=O) groups is 1. The number of hydrogen-bond donors (Lipinski definition) is 1. The first-order chi connectivity index (χ1) is 5.49. The Hall–Kier alpha value is -0.490. The molecule has 2 amide bonds. The van der Waals surface area contributed by atoms with Gasteiger partial charge in [0.1, 0.15) is 0 Å². The summed E-state index contributed by atoms with van der Waals surface area (Å²) in [5, 5.41) is 2.55. The van der Waals surface area contributed by atoms with E-state index in [0.29, 0.717) is 13.1 Å². The molecule has 0 unspecified atom stereocenters. The lowest BCUT2D eigenvalue weighted by molar-refractivity contribution is 0.220. The Balaban J connectivity index is 2.37. The molecule has 1 rings (SSSR count). The van der Waals surface area contributed by atoms with Gasteiger partial charge in [-0.05, 0) is 0 Å². The second-order valence-corrected chi connectivity index (χ2v) is 5.36. The van der Waals surface area contributed by atoms with Crippen LogP contribution in [0.3, 0.4) is 0 Å². The van der Waals surface area contributed by atoms with Gasteiger partial charge >= 0.3 is 6.03 Å². The Morgan fingerprint density at radius 2 is 2.25 bits per heavy atom. The van der Waals surface area contributed by atoms with Gasteiger partial charge in [-0.1, -0.05) is 0 Å². The van der Waals surface area contributed by atoms with E-state index in [1.54, 1.807) is 0 Å². The maximum Gasteiger partial charge on any atom is 0.317 e. The molecule has 1 fully saturated rings. The highest BCUT2D eigenvalue weighted by molar-refractivity contribution is 8.13. The molecule has 1 saturated heterocycles. The summed E-state index contributed by atoms with van der Waals surface area (Å²) in [5.74, 6) is -0.192. The minimum atomic E-state index is -3.48. The van der Waals surface area contributed by atoms with Crippen molar-refractivity contribution >= 4 is 25.8 Å². The standard InChI is InChI=1S/C5H9ClN2O3S/c6-12(10,11)4-3-8-2-1-7-5(8)9/h1-4H2,(H,7,9). The van der Waals surface area contributed by atoms with Crippen LogP contribution in [0.1, 0.15) is 0 Å². The van der Waals surface area contributed by atoms with E-state index in [4.69, 9.17) is 10.7 Å². The molecule has 12 heavy (non-hydrogen) atoms. The monoisotopic (exact) mass is 212 g/mol. The maximum absolute atomic E-state index is 10.9. The topological polar surface area (TPSA) is 66.5 Å². The first-order valence-electron chi connectivity index (χ1n) is 3.44. The van der Waals surface area contributed by atoms with E-state index in [1.807, 2.05) is 0 Å². The second-order valence-electron chi connectivity index (χ2n) is 2.46. The summed E-state index contributed by atoms with van der Waals surface area (Å²) in [7, 11) is 1.49. The average molecular weight is 213 g/mol. The Morgan fingerprint density at radius 1 is 1.58 bits per heavy atom. The van der Waals surface area contributed by atoms with Crippen molar-refractivity contribution in [1.29, 1.82) is 0 Å². The van der Waals surface area contributed by atoms with Crippen LogP contribution >= 0.6 is 10.7 Å². The fourth-order valence-electron chi connectivity index (χ4n) is 0.944. The second kappa shape index (κ2) is 3.49. The number of halogens is 1. The van der Waals surface area contributed by atoms with Crippen LogP contribution in [0.15, 0.2) is 0 Å². The van der Waals surface area contributed by atoms with E-state index in [0.717, 1.165) is 0 Å². The molecule has 1 N–H and O–H groups in total. The smallest absolute Gasteiger partial charge is 0.317 e. The Morgan fingerprint density at radius 3 is 2.67 bits per heavy atom. The highest BCUT2D eigenvalue weighted by atomic mass is 35.7. The number of hydrogen-bond acceptors (Lipinski definition) is 3. The highest BCUT2D eigenvalue weighted by Crippen LogP contribution is 2.01. The summed E-state index contributed by atoms with van der Waals surface area (Å²) in [4.78, 5) is 12.3. The van der Waals surface area contributed by atoms with E-state index in [9.17, 15) is 13.2 Å². The van der Waals surface area contributed by atoms with Gasteiger partial charge in [0, 0.05) is 30.3 Å². The normalized spacial score (nSPS) is 18.1. The Kier molecular flexibility index (Phi) is 2.79. The van der Waals surface area contributed by atoms with Gasteiger partial charge in [-0.2, -0.15) is 0 Å². The molecule has 0 aromatic heterocycles. The summed E-state index contributed by atoms with van der Waals surface area (Å²) in [6.45, 7) is 1.28. The van der Waals surface area contributed by atoms with Crippen molar-refractivity contribution in [2.24, 2.45) is 0 Å². The molecule has 7 heteroatoms. The van der Waals surface area contributed by atoms with Crippen LogP contribution in [0, 0.1) is 0 Å². The molecule has 0 aliphatic carbocycles. The predicted molar refractivity (Wildman–Crippen MR) is 44.6 cm³/mol. The van der Waals surface area contributed by atoms with E-state index in [2.05, 4.69) is 5.32 Å². The molecular formula is C5H9ClN2O3S. The first-order valence-corrected chi connectivity index (χ1v) is 5.92. The van der Waals surface area contributed by atoms with Gasteiger partial charge in [0.05, 0.1) is 5.75 Å². The lowest BCUT2D eigenvalue weighted by atomic mass is 10.6. The molecule has 0 radical (unpaired) electrons. The van der Waals surface area contributed by atoms with Crippen LogP contribution in [0.4, 0.5) is 4.79 Å². The zero-order chi connectivity index (χ0) is 9.19. The van der Waals surface area contributed by atoms with Crippen LogP contribution < -0.4 is 5.32 Å². The van der Waals surface area contributed by atoms with Crippen molar-refractivity contribution in [1.82, 2.24) is 10.2 Å². The SMILES string of the molecule is O=C1NCCN1CCS(=O)(=O)Cl. The molecule has 70 valence electrons. The molecule has 1 aliphatic heterocycles. The highest BCUT2D eigenvalue weighted by Gasteiger charge is 2.20. The quantitative estimate of drug-likeness (QED) is 0.647. The van der Waals surface area contributed by atoms with Crippen molar-refractivity contribution in [2.75, 3.05) is 25.4 Å². The van der Waals surface area contributed by atoms with Crippen molar-refractivity contribution in [3.8, 4) is 0 Å². The molecule has 0 bridgehead atoms. The number of nitrogens with one attached hydrogen (secondary N) is 1. The van der Waals surface area contributed by atoms with Crippen LogP contribution in [-0.4, -0.2) is 44.7 Å². The summed E-state index contributed by atoms with van der Waals surface area (Å²) in [6, 6.07) is -0.227. The van der Waals surface area contributed by atoms with Gasteiger partial charge in [-0.15, -0.1) is 0 Å². The van der Waals surface area contributed by atoms with E-state index in [1.165, 1.54) is 4.90 Å². The zero-order valence-corrected chi connectivity index (χ0v) is 7.86. The molecule has 0 aromatic rings. The minimum Gasteiger partial charge on any atom is -0.336 e. The molecule has 0 saturated carbocycles. The van der Waals surface area contributed by atoms with Crippen LogP contribution in [0.5, 0.6) is 0 Å². The third kappa shape index (κ3) is 2.86. The van der Waals surface area contributed by atoms with E-state index >= 15 is 0 Å². The average Bonchev–Trinajstić information content (AvgIpc) is 2.29. The summed E-state index contributed by atoms with van der Waals surface area (Å²) >= 11 is 0. The fourth-order valence-corrected chi connectivity index (χ4v) is 1.59. The fraction of sp³-hybridized carbons (Fsp3) is 0.800. The van der Waals surface area contributed by atoms with E-state index in [-0.39, 0.29) is 18.3 Å². The number of amides is 2. The minimum absolute atomic E-state index is 0.164. The summed E-state index contributed by atoms with van der Waals surface area (Å²) in [6.07, 6.45) is 0. The van der Waals surface area contributed by atoms with E-state index < -0.39 is 9.05 Å². The van der Waals surface area contributed by atoms with Gasteiger partial charge in [0.25, 0.3) is 0 Å². The maximum atomic E-state index is 10.9. The molecule has 1 aliphatic rings. The van der Waals surface area contributed by atoms with Gasteiger partial charge in [-0.3, -0.25) is 0 Å². The summed E-state index contributed by atoms with van der Waals surface area (Å²) in [5.41, 5.74) is 0. The molecule has 1 heterocycles. The zero-order valence-electron chi connectivity index (χ0n) is 6.29. The number of rotatable bonds is 3. The molecule has 5 nitrogen and oxygen atoms in total. The van der Waals surface area contributed by atoms with Gasteiger partial charge < -0.3 is 10.2 Å². The third-order valence-electron chi connectivity index (χ3n) is 1.55. The number of nitrogens with zero attached hydrogens (tertiary/aromatic N) is 1. The lowest BCUT2D eigenvalue weighted by Gasteiger charge is -2.11. The molecular weight excluding hydrogens is 204 g/mol. The predicted octanol–water partition coefficient (Wildman–Crippen LogP) is -0.420. The Bertz CT molecular complexity index is 276. The first kappa shape index (κ1) is 9.60. The third-order valence-corrected chi connectivity index (χ3v) is 2.68. The molecule has 0 aromatic carbocycles. The summed E-state index contributed by atoms with van der Waals surface area (Å²) < 4.78 is 21.0. The van der Waals surface area contributed by atoms with Gasteiger partial charge in [0.15, 0.2) is 0 Å². The van der Waals surface area contributed by atoms with Crippen molar-refractivity contribution < 1.29 is 13.2 Å². The van der Waals surface area contributed by atoms with Crippen LogP contribution in [0.25, 0.3) is 0 Å². The molecule has 0 atom stereocenters.